The standard InChI is InChI=1S/C16H19N3O/c1-3-15-14(13-6-4-5-7-16(13)20-15)11-17-10-12-8-9-19(2)18-12/h4-9,17H,3,10-11H2,1-2H3. The molecule has 0 radical (unpaired) electrons. The van der Waals surface area contributed by atoms with Crippen molar-refractivity contribution in [3.63, 3.8) is 0 Å². The predicted molar refractivity (Wildman–Crippen MR) is 79.3 cm³/mol. The highest BCUT2D eigenvalue weighted by atomic mass is 16.3. The molecule has 0 aliphatic carbocycles. The first-order valence-corrected chi connectivity index (χ1v) is 6.96. The van der Waals surface area contributed by atoms with Crippen molar-refractivity contribution in [2.75, 3.05) is 0 Å². The maximum Gasteiger partial charge on any atom is 0.134 e. The number of nitrogens with one attached hydrogen (secondary N) is 1. The molecule has 0 saturated heterocycles. The van der Waals surface area contributed by atoms with E-state index < -0.39 is 0 Å². The van der Waals surface area contributed by atoms with Crippen molar-refractivity contribution in [2.24, 2.45) is 7.05 Å². The fourth-order valence-corrected chi connectivity index (χ4v) is 2.50. The SMILES string of the molecule is CCc1oc2ccccc2c1CNCc1ccn(C)n1. The van der Waals surface area contributed by atoms with Crippen molar-refractivity contribution >= 4 is 11.0 Å². The van der Waals surface area contributed by atoms with Crippen LogP contribution in [0.15, 0.2) is 40.9 Å². The lowest BCUT2D eigenvalue weighted by atomic mass is 10.1. The van der Waals surface area contributed by atoms with Crippen LogP contribution in [0, 0.1) is 0 Å². The van der Waals surface area contributed by atoms with Gasteiger partial charge in [0.2, 0.25) is 0 Å². The van der Waals surface area contributed by atoms with Crippen LogP contribution in [-0.4, -0.2) is 9.78 Å². The van der Waals surface area contributed by atoms with Gasteiger partial charge in [-0.2, -0.15) is 5.10 Å². The van der Waals surface area contributed by atoms with E-state index in [2.05, 4.69) is 29.5 Å². The quantitative estimate of drug-likeness (QED) is 0.774. The molecule has 4 nitrogen and oxygen atoms in total. The summed E-state index contributed by atoms with van der Waals surface area (Å²) < 4.78 is 7.72. The lowest BCUT2D eigenvalue weighted by Gasteiger charge is -2.03. The van der Waals surface area contributed by atoms with Crippen molar-refractivity contribution < 1.29 is 4.42 Å². The zero-order chi connectivity index (χ0) is 13.9. The molecule has 0 atom stereocenters. The number of rotatable bonds is 5. The molecular formula is C16H19N3O. The summed E-state index contributed by atoms with van der Waals surface area (Å²) in [5, 5.41) is 9.02. The van der Waals surface area contributed by atoms with E-state index in [1.807, 2.05) is 36.1 Å². The van der Waals surface area contributed by atoms with Crippen molar-refractivity contribution in [3.8, 4) is 0 Å². The van der Waals surface area contributed by atoms with Gasteiger partial charge in [0.1, 0.15) is 11.3 Å². The second-order valence-corrected chi connectivity index (χ2v) is 4.94. The molecule has 2 heterocycles. The first kappa shape index (κ1) is 12.9. The molecule has 0 saturated carbocycles. The maximum atomic E-state index is 5.90. The number of nitrogens with zero attached hydrogens (tertiary/aromatic N) is 2. The van der Waals surface area contributed by atoms with Gasteiger partial charge < -0.3 is 9.73 Å². The van der Waals surface area contributed by atoms with E-state index in [9.17, 15) is 0 Å². The van der Waals surface area contributed by atoms with E-state index in [-0.39, 0.29) is 0 Å². The van der Waals surface area contributed by atoms with Crippen LogP contribution in [0.4, 0.5) is 0 Å². The van der Waals surface area contributed by atoms with E-state index >= 15 is 0 Å². The molecule has 0 aliphatic heterocycles. The Morgan fingerprint density at radius 3 is 2.80 bits per heavy atom. The summed E-state index contributed by atoms with van der Waals surface area (Å²) in [7, 11) is 1.93. The van der Waals surface area contributed by atoms with Gasteiger partial charge in [0, 0.05) is 43.7 Å². The van der Waals surface area contributed by atoms with E-state index in [1.165, 1.54) is 10.9 Å². The Labute approximate surface area is 118 Å². The van der Waals surface area contributed by atoms with Gasteiger partial charge in [0.15, 0.2) is 0 Å². The van der Waals surface area contributed by atoms with Gasteiger partial charge in [0.25, 0.3) is 0 Å². The predicted octanol–water partition coefficient (Wildman–Crippen LogP) is 3.02. The van der Waals surface area contributed by atoms with Crippen LogP contribution >= 0.6 is 0 Å². The minimum Gasteiger partial charge on any atom is -0.461 e. The van der Waals surface area contributed by atoms with Crippen LogP contribution in [0.3, 0.4) is 0 Å². The summed E-state index contributed by atoms with van der Waals surface area (Å²) >= 11 is 0. The summed E-state index contributed by atoms with van der Waals surface area (Å²) in [4.78, 5) is 0. The minimum absolute atomic E-state index is 0.767. The molecule has 104 valence electrons. The molecule has 0 spiro atoms. The number of benzene rings is 1. The van der Waals surface area contributed by atoms with Crippen molar-refractivity contribution in [1.29, 1.82) is 0 Å². The number of fused-ring (bicyclic) bond motifs is 1. The average molecular weight is 269 g/mol. The minimum atomic E-state index is 0.767. The Balaban J connectivity index is 1.76. The van der Waals surface area contributed by atoms with Crippen LogP contribution in [0.1, 0.15) is 23.9 Å². The van der Waals surface area contributed by atoms with Crippen LogP contribution in [0.25, 0.3) is 11.0 Å². The van der Waals surface area contributed by atoms with Crippen molar-refractivity contribution in [2.45, 2.75) is 26.4 Å². The smallest absolute Gasteiger partial charge is 0.134 e. The third-order valence-corrected chi connectivity index (χ3v) is 3.48. The van der Waals surface area contributed by atoms with E-state index in [0.717, 1.165) is 36.5 Å². The summed E-state index contributed by atoms with van der Waals surface area (Å²) in [6.45, 7) is 3.69. The monoisotopic (exact) mass is 269 g/mol. The van der Waals surface area contributed by atoms with Gasteiger partial charge in [-0.3, -0.25) is 4.68 Å². The first-order chi connectivity index (χ1) is 9.78. The van der Waals surface area contributed by atoms with Gasteiger partial charge in [0.05, 0.1) is 5.69 Å². The average Bonchev–Trinajstić information content (AvgIpc) is 3.03. The number of aromatic nitrogens is 2. The molecule has 4 heteroatoms. The van der Waals surface area contributed by atoms with Crippen LogP contribution in [0.5, 0.6) is 0 Å². The molecular weight excluding hydrogens is 250 g/mol. The lowest BCUT2D eigenvalue weighted by Crippen LogP contribution is -2.14. The van der Waals surface area contributed by atoms with Gasteiger partial charge >= 0.3 is 0 Å². The highest BCUT2D eigenvalue weighted by Gasteiger charge is 2.11. The van der Waals surface area contributed by atoms with Crippen molar-refractivity contribution in [3.05, 3.63) is 53.5 Å². The van der Waals surface area contributed by atoms with Gasteiger partial charge in [-0.1, -0.05) is 25.1 Å². The molecule has 0 amide bonds. The summed E-state index contributed by atoms with van der Waals surface area (Å²) in [6.07, 6.45) is 2.87. The van der Waals surface area contributed by atoms with Crippen LogP contribution in [-0.2, 0) is 26.6 Å². The Bertz CT molecular complexity index is 711. The molecule has 3 aromatic rings. The topological polar surface area (TPSA) is 43.0 Å². The molecule has 0 fully saturated rings. The second-order valence-electron chi connectivity index (χ2n) is 4.94. The maximum absolute atomic E-state index is 5.90. The third-order valence-electron chi connectivity index (χ3n) is 3.48. The second kappa shape index (κ2) is 5.51. The zero-order valence-corrected chi connectivity index (χ0v) is 11.9. The Morgan fingerprint density at radius 2 is 2.05 bits per heavy atom. The lowest BCUT2D eigenvalue weighted by molar-refractivity contribution is 0.543. The normalized spacial score (nSPS) is 11.3. The molecule has 0 bridgehead atoms. The Hall–Kier alpha value is -2.07. The zero-order valence-electron chi connectivity index (χ0n) is 11.9. The van der Waals surface area contributed by atoms with Gasteiger partial charge in [-0.05, 0) is 12.1 Å². The van der Waals surface area contributed by atoms with Crippen LogP contribution in [0.2, 0.25) is 0 Å². The van der Waals surface area contributed by atoms with E-state index in [1.54, 1.807) is 0 Å². The van der Waals surface area contributed by atoms with E-state index in [0.29, 0.717) is 0 Å². The third kappa shape index (κ3) is 2.47. The summed E-state index contributed by atoms with van der Waals surface area (Å²) in [5.41, 5.74) is 3.29. The first-order valence-electron chi connectivity index (χ1n) is 6.96. The Morgan fingerprint density at radius 1 is 1.20 bits per heavy atom. The number of furan rings is 1. The molecule has 3 rings (SSSR count). The molecule has 1 aromatic carbocycles. The fourth-order valence-electron chi connectivity index (χ4n) is 2.50. The summed E-state index contributed by atoms with van der Waals surface area (Å²) in [6, 6.07) is 10.2. The molecule has 1 N–H and O–H groups in total. The molecule has 2 aromatic heterocycles. The number of hydrogen-bond acceptors (Lipinski definition) is 3. The van der Waals surface area contributed by atoms with Gasteiger partial charge in [-0.25, -0.2) is 0 Å². The number of hydrogen-bond donors (Lipinski definition) is 1. The Kier molecular flexibility index (Phi) is 3.56. The highest BCUT2D eigenvalue weighted by Crippen LogP contribution is 2.26. The largest absolute Gasteiger partial charge is 0.461 e. The number of para-hydroxylation sites is 1. The molecule has 0 aliphatic rings. The van der Waals surface area contributed by atoms with Crippen LogP contribution < -0.4 is 5.32 Å². The number of aryl methyl sites for hydroxylation is 2. The highest BCUT2D eigenvalue weighted by molar-refractivity contribution is 5.82. The molecule has 0 unspecified atom stereocenters. The fraction of sp³-hybridized carbons (Fsp3) is 0.312. The van der Waals surface area contributed by atoms with Crippen molar-refractivity contribution in [1.82, 2.24) is 15.1 Å². The van der Waals surface area contributed by atoms with Gasteiger partial charge in [-0.15, -0.1) is 0 Å². The summed E-state index contributed by atoms with van der Waals surface area (Å²) in [5.74, 6) is 1.07. The van der Waals surface area contributed by atoms with E-state index in [4.69, 9.17) is 4.42 Å². The molecule has 20 heavy (non-hydrogen) atoms.